The fourth-order valence-electron chi connectivity index (χ4n) is 3.05. The molecule has 3 rings (SSSR count). The van der Waals surface area contributed by atoms with E-state index in [1.807, 2.05) is 30.3 Å². The first-order chi connectivity index (χ1) is 14.4. The van der Waals surface area contributed by atoms with Gasteiger partial charge in [0.15, 0.2) is 0 Å². The fraction of sp³-hybridized carbons (Fsp3) is 0.364. The smallest absolute Gasteiger partial charge is 0.252 e. The van der Waals surface area contributed by atoms with E-state index < -0.39 is 22.0 Å². The molecule has 1 aliphatic carbocycles. The van der Waals surface area contributed by atoms with Crippen molar-refractivity contribution in [3.8, 4) is 0 Å². The highest BCUT2D eigenvalue weighted by molar-refractivity contribution is 7.92. The quantitative estimate of drug-likeness (QED) is 0.540. The van der Waals surface area contributed by atoms with E-state index in [1.165, 1.54) is 6.07 Å². The largest absolute Gasteiger partial charge is 0.352 e. The summed E-state index contributed by atoms with van der Waals surface area (Å²) < 4.78 is 26.5. The molecule has 7 nitrogen and oxygen atoms in total. The summed E-state index contributed by atoms with van der Waals surface area (Å²) >= 11 is 0. The molecule has 0 bridgehead atoms. The Hall–Kier alpha value is -2.87. The van der Waals surface area contributed by atoms with Crippen LogP contribution in [-0.4, -0.2) is 38.1 Å². The first-order valence-electron chi connectivity index (χ1n) is 10.1. The Morgan fingerprint density at radius 3 is 2.47 bits per heavy atom. The standard InChI is InChI=1S/C22H27N3O4S/c1-2-13-30(28,29)25-19-10-6-9-17(15-19)21(26)24-20(22(27)23-18-11-12-18)14-16-7-4-3-5-8-16/h3-10,15,18,20,25H,2,11-14H2,1H3,(H,23,27)(H,24,26). The second-order valence-electron chi connectivity index (χ2n) is 7.50. The fourth-order valence-corrected chi connectivity index (χ4v) is 4.18. The Morgan fingerprint density at radius 2 is 1.80 bits per heavy atom. The molecule has 1 fully saturated rings. The third-order valence-electron chi connectivity index (χ3n) is 4.70. The number of carbonyl (C=O) groups is 2. The van der Waals surface area contributed by atoms with Crippen molar-refractivity contribution in [3.05, 3.63) is 65.7 Å². The van der Waals surface area contributed by atoms with E-state index >= 15 is 0 Å². The van der Waals surface area contributed by atoms with Crippen LogP contribution in [0.1, 0.15) is 42.1 Å². The van der Waals surface area contributed by atoms with Crippen molar-refractivity contribution < 1.29 is 18.0 Å². The minimum Gasteiger partial charge on any atom is -0.352 e. The van der Waals surface area contributed by atoms with Gasteiger partial charge in [0.25, 0.3) is 5.91 Å². The van der Waals surface area contributed by atoms with Crippen molar-refractivity contribution >= 4 is 27.5 Å². The van der Waals surface area contributed by atoms with Gasteiger partial charge in [-0.25, -0.2) is 8.42 Å². The molecule has 1 saturated carbocycles. The van der Waals surface area contributed by atoms with E-state index in [2.05, 4.69) is 15.4 Å². The van der Waals surface area contributed by atoms with Crippen molar-refractivity contribution in [2.75, 3.05) is 10.5 Å². The lowest BCUT2D eigenvalue weighted by Gasteiger charge is -2.19. The maximum Gasteiger partial charge on any atom is 0.252 e. The monoisotopic (exact) mass is 429 g/mol. The van der Waals surface area contributed by atoms with E-state index in [9.17, 15) is 18.0 Å². The number of anilines is 1. The number of hydrogen-bond donors (Lipinski definition) is 3. The molecule has 2 aromatic rings. The van der Waals surface area contributed by atoms with Gasteiger partial charge in [-0.1, -0.05) is 43.3 Å². The van der Waals surface area contributed by atoms with Gasteiger partial charge in [0.2, 0.25) is 15.9 Å². The van der Waals surface area contributed by atoms with Crippen LogP contribution in [-0.2, 0) is 21.2 Å². The van der Waals surface area contributed by atoms with Gasteiger partial charge in [0.05, 0.1) is 5.75 Å². The number of carbonyl (C=O) groups excluding carboxylic acids is 2. The van der Waals surface area contributed by atoms with Gasteiger partial charge in [-0.3, -0.25) is 14.3 Å². The second-order valence-corrected chi connectivity index (χ2v) is 9.34. The molecule has 1 atom stereocenters. The van der Waals surface area contributed by atoms with Crippen molar-refractivity contribution in [3.63, 3.8) is 0 Å². The maximum atomic E-state index is 12.8. The van der Waals surface area contributed by atoms with Crippen molar-refractivity contribution in [1.29, 1.82) is 0 Å². The van der Waals surface area contributed by atoms with E-state index in [1.54, 1.807) is 25.1 Å². The molecule has 0 aromatic heterocycles. The molecule has 1 aliphatic rings. The van der Waals surface area contributed by atoms with Crippen LogP contribution in [0.15, 0.2) is 54.6 Å². The zero-order valence-electron chi connectivity index (χ0n) is 16.9. The van der Waals surface area contributed by atoms with Crippen LogP contribution >= 0.6 is 0 Å². The summed E-state index contributed by atoms with van der Waals surface area (Å²) in [6, 6.07) is 15.2. The van der Waals surface area contributed by atoms with E-state index in [-0.39, 0.29) is 23.3 Å². The lowest BCUT2D eigenvalue weighted by atomic mass is 10.0. The van der Waals surface area contributed by atoms with Gasteiger partial charge in [-0.15, -0.1) is 0 Å². The van der Waals surface area contributed by atoms with Crippen LogP contribution < -0.4 is 15.4 Å². The lowest BCUT2D eigenvalue weighted by Crippen LogP contribution is -2.48. The summed E-state index contributed by atoms with van der Waals surface area (Å²) in [5.41, 5.74) is 1.54. The SMILES string of the molecule is CCCS(=O)(=O)Nc1cccc(C(=O)NC(Cc2ccccc2)C(=O)NC2CC2)c1. The summed E-state index contributed by atoms with van der Waals surface area (Å²) in [6.45, 7) is 1.78. The number of sulfonamides is 1. The van der Waals surface area contributed by atoms with Crippen molar-refractivity contribution in [1.82, 2.24) is 10.6 Å². The van der Waals surface area contributed by atoms with Crippen LogP contribution in [0.4, 0.5) is 5.69 Å². The van der Waals surface area contributed by atoms with Crippen LogP contribution in [0, 0.1) is 0 Å². The van der Waals surface area contributed by atoms with E-state index in [4.69, 9.17) is 0 Å². The van der Waals surface area contributed by atoms with E-state index in [0.717, 1.165) is 18.4 Å². The summed E-state index contributed by atoms with van der Waals surface area (Å²) in [5, 5.41) is 5.74. The molecule has 0 radical (unpaired) electrons. The van der Waals surface area contributed by atoms with Gasteiger partial charge in [0, 0.05) is 23.7 Å². The number of amides is 2. The van der Waals surface area contributed by atoms with Crippen molar-refractivity contribution in [2.45, 2.75) is 44.7 Å². The minimum atomic E-state index is -3.46. The predicted octanol–water partition coefficient (Wildman–Crippen LogP) is 2.46. The van der Waals surface area contributed by atoms with Gasteiger partial charge < -0.3 is 10.6 Å². The predicted molar refractivity (Wildman–Crippen MR) is 117 cm³/mol. The lowest BCUT2D eigenvalue weighted by molar-refractivity contribution is -0.123. The summed E-state index contributed by atoms with van der Waals surface area (Å²) in [7, 11) is -3.46. The summed E-state index contributed by atoms with van der Waals surface area (Å²) in [6.07, 6.45) is 2.77. The molecular formula is C22H27N3O4S. The topological polar surface area (TPSA) is 104 Å². The van der Waals surface area contributed by atoms with Gasteiger partial charge in [-0.2, -0.15) is 0 Å². The highest BCUT2D eigenvalue weighted by atomic mass is 32.2. The molecule has 2 amide bonds. The van der Waals surface area contributed by atoms with Gasteiger partial charge in [0.1, 0.15) is 6.04 Å². The number of benzene rings is 2. The van der Waals surface area contributed by atoms with Crippen LogP contribution in [0.25, 0.3) is 0 Å². The zero-order valence-corrected chi connectivity index (χ0v) is 17.7. The normalized spacial score (nSPS) is 14.6. The Kier molecular flexibility index (Phi) is 7.10. The molecule has 2 aromatic carbocycles. The molecule has 0 spiro atoms. The molecule has 3 N–H and O–H groups in total. The number of hydrogen-bond acceptors (Lipinski definition) is 4. The second kappa shape index (κ2) is 9.75. The van der Waals surface area contributed by atoms with Crippen LogP contribution in [0.2, 0.25) is 0 Å². The number of nitrogens with one attached hydrogen (secondary N) is 3. The minimum absolute atomic E-state index is 0.00388. The van der Waals surface area contributed by atoms with E-state index in [0.29, 0.717) is 18.5 Å². The molecule has 0 heterocycles. The molecule has 30 heavy (non-hydrogen) atoms. The van der Waals surface area contributed by atoms with Crippen molar-refractivity contribution in [2.24, 2.45) is 0 Å². The Balaban J connectivity index is 1.72. The molecule has 1 unspecified atom stereocenters. The zero-order chi connectivity index (χ0) is 21.6. The average Bonchev–Trinajstić information content (AvgIpc) is 3.52. The summed E-state index contributed by atoms with van der Waals surface area (Å²) in [4.78, 5) is 25.5. The Labute approximate surface area is 177 Å². The number of rotatable bonds is 10. The van der Waals surface area contributed by atoms with Gasteiger partial charge in [-0.05, 0) is 43.0 Å². The molecular weight excluding hydrogens is 402 g/mol. The average molecular weight is 430 g/mol. The maximum absolute atomic E-state index is 12.8. The molecule has 0 aliphatic heterocycles. The highest BCUT2D eigenvalue weighted by Gasteiger charge is 2.28. The van der Waals surface area contributed by atoms with Gasteiger partial charge >= 0.3 is 0 Å². The summed E-state index contributed by atoms with van der Waals surface area (Å²) in [5.74, 6) is -0.642. The third kappa shape index (κ3) is 6.59. The Morgan fingerprint density at radius 1 is 1.07 bits per heavy atom. The molecule has 8 heteroatoms. The first-order valence-corrected chi connectivity index (χ1v) is 11.8. The molecule has 160 valence electrons. The molecule has 0 saturated heterocycles. The third-order valence-corrected chi connectivity index (χ3v) is 6.19. The highest BCUT2D eigenvalue weighted by Crippen LogP contribution is 2.19. The van der Waals surface area contributed by atoms with Crippen LogP contribution in [0.3, 0.4) is 0 Å². The first kappa shape index (κ1) is 21.8. The van der Waals surface area contributed by atoms with Crippen LogP contribution in [0.5, 0.6) is 0 Å². The Bertz CT molecular complexity index is 988.